The fraction of sp³-hybridized carbons (Fsp3) is 0.400. The minimum Gasteiger partial charge on any atom is -0.481 e. The van der Waals surface area contributed by atoms with Gasteiger partial charge in [-0.1, -0.05) is 36.4 Å². The van der Waals surface area contributed by atoms with Gasteiger partial charge >= 0.3 is 5.97 Å². The molecule has 1 atom stereocenters. The second-order valence-corrected chi connectivity index (χ2v) is 6.18. The van der Waals surface area contributed by atoms with Crippen LogP contribution in [-0.2, 0) is 17.6 Å². The van der Waals surface area contributed by atoms with Crippen molar-refractivity contribution < 1.29 is 9.90 Å². The van der Waals surface area contributed by atoms with Crippen molar-refractivity contribution in [3.05, 3.63) is 65.5 Å². The molecule has 1 aromatic carbocycles. The average molecular weight is 326 g/mol. The van der Waals surface area contributed by atoms with Crippen molar-refractivity contribution >= 4 is 5.97 Å². The van der Waals surface area contributed by atoms with Crippen LogP contribution in [0, 0.1) is 6.92 Å². The molecule has 1 heterocycles. The molecule has 4 nitrogen and oxygen atoms in total. The molecule has 0 spiro atoms. The standard InChI is InChI=1S/C20H26N2O2/c1-16-9-10-18(15-22-16)8-5-13-21-19(11-12-20(23)24)14-17-6-3-2-4-7-17/h2-4,6-7,9-10,15,19,21H,5,8,11-14H2,1H3,(H,23,24). The number of hydrogen-bond acceptors (Lipinski definition) is 3. The van der Waals surface area contributed by atoms with Gasteiger partial charge in [-0.2, -0.15) is 0 Å². The predicted octanol–water partition coefficient (Wildman–Crippen LogP) is 3.39. The number of nitrogens with one attached hydrogen (secondary N) is 1. The second kappa shape index (κ2) is 9.83. The highest BCUT2D eigenvalue weighted by Gasteiger charge is 2.11. The van der Waals surface area contributed by atoms with Gasteiger partial charge in [0.1, 0.15) is 0 Å². The number of benzene rings is 1. The van der Waals surface area contributed by atoms with Crippen LogP contribution in [-0.4, -0.2) is 28.6 Å². The summed E-state index contributed by atoms with van der Waals surface area (Å²) < 4.78 is 0. The number of aliphatic carboxylic acids is 1. The number of aryl methyl sites for hydroxylation is 2. The van der Waals surface area contributed by atoms with Crippen LogP contribution in [0.1, 0.15) is 36.1 Å². The number of nitrogens with zero attached hydrogens (tertiary/aromatic N) is 1. The van der Waals surface area contributed by atoms with Crippen molar-refractivity contribution in [2.45, 2.75) is 45.1 Å². The number of aromatic nitrogens is 1. The maximum atomic E-state index is 10.9. The largest absolute Gasteiger partial charge is 0.481 e. The van der Waals surface area contributed by atoms with Gasteiger partial charge in [0.05, 0.1) is 0 Å². The van der Waals surface area contributed by atoms with Crippen molar-refractivity contribution in [2.75, 3.05) is 6.54 Å². The summed E-state index contributed by atoms with van der Waals surface area (Å²) >= 11 is 0. The molecule has 4 heteroatoms. The molecular weight excluding hydrogens is 300 g/mol. The van der Waals surface area contributed by atoms with E-state index >= 15 is 0 Å². The van der Waals surface area contributed by atoms with Gasteiger partial charge in [0.25, 0.3) is 0 Å². The van der Waals surface area contributed by atoms with Crippen molar-refractivity contribution in [1.29, 1.82) is 0 Å². The third-order valence-electron chi connectivity index (χ3n) is 4.08. The van der Waals surface area contributed by atoms with Gasteiger partial charge in [-0.05, 0) is 56.3 Å². The summed E-state index contributed by atoms with van der Waals surface area (Å²) in [5.74, 6) is -0.736. The minimum absolute atomic E-state index is 0.194. The third kappa shape index (κ3) is 6.92. The summed E-state index contributed by atoms with van der Waals surface area (Å²) in [6.45, 7) is 2.87. The molecule has 1 aromatic heterocycles. The van der Waals surface area contributed by atoms with Crippen molar-refractivity contribution in [3.63, 3.8) is 0 Å². The maximum Gasteiger partial charge on any atom is 0.303 e. The van der Waals surface area contributed by atoms with Crippen LogP contribution in [0.2, 0.25) is 0 Å². The summed E-state index contributed by atoms with van der Waals surface area (Å²) in [7, 11) is 0. The summed E-state index contributed by atoms with van der Waals surface area (Å²) in [6.07, 6.45) is 5.64. The first-order chi connectivity index (χ1) is 11.6. The Labute approximate surface area is 143 Å². The topological polar surface area (TPSA) is 62.2 Å². The lowest BCUT2D eigenvalue weighted by Crippen LogP contribution is -2.32. The quantitative estimate of drug-likeness (QED) is 0.657. The zero-order valence-corrected chi connectivity index (χ0v) is 14.2. The van der Waals surface area contributed by atoms with E-state index in [4.69, 9.17) is 5.11 Å². The van der Waals surface area contributed by atoms with Crippen molar-refractivity contribution in [1.82, 2.24) is 10.3 Å². The molecular formula is C20H26N2O2. The first-order valence-electron chi connectivity index (χ1n) is 8.54. The lowest BCUT2D eigenvalue weighted by molar-refractivity contribution is -0.137. The van der Waals surface area contributed by atoms with E-state index in [0.29, 0.717) is 6.42 Å². The van der Waals surface area contributed by atoms with Gasteiger partial charge in [-0.3, -0.25) is 9.78 Å². The van der Waals surface area contributed by atoms with E-state index < -0.39 is 5.97 Å². The molecule has 0 radical (unpaired) electrons. The second-order valence-electron chi connectivity index (χ2n) is 6.18. The number of pyridine rings is 1. The van der Waals surface area contributed by atoms with Crippen LogP contribution in [0.4, 0.5) is 0 Å². The summed E-state index contributed by atoms with van der Waals surface area (Å²) in [5.41, 5.74) is 3.52. The van der Waals surface area contributed by atoms with Crippen LogP contribution in [0.15, 0.2) is 48.7 Å². The van der Waals surface area contributed by atoms with Gasteiger partial charge in [0.2, 0.25) is 0 Å². The molecule has 0 aliphatic carbocycles. The van der Waals surface area contributed by atoms with Gasteiger partial charge in [0, 0.05) is 24.4 Å². The monoisotopic (exact) mass is 326 g/mol. The van der Waals surface area contributed by atoms with E-state index in [1.54, 1.807) is 0 Å². The van der Waals surface area contributed by atoms with Crippen LogP contribution in [0.5, 0.6) is 0 Å². The van der Waals surface area contributed by atoms with Crippen LogP contribution < -0.4 is 5.32 Å². The zero-order valence-electron chi connectivity index (χ0n) is 14.2. The molecule has 0 saturated carbocycles. The minimum atomic E-state index is -0.736. The molecule has 2 aromatic rings. The number of carboxylic acids is 1. The van der Waals surface area contributed by atoms with Crippen molar-refractivity contribution in [2.24, 2.45) is 0 Å². The Morgan fingerprint density at radius 1 is 1.17 bits per heavy atom. The van der Waals surface area contributed by atoms with E-state index in [1.165, 1.54) is 11.1 Å². The molecule has 0 amide bonds. The number of carbonyl (C=O) groups is 1. The maximum absolute atomic E-state index is 10.9. The molecule has 1 unspecified atom stereocenters. The third-order valence-corrected chi connectivity index (χ3v) is 4.08. The summed E-state index contributed by atoms with van der Waals surface area (Å²) in [6, 6.07) is 14.6. The molecule has 2 rings (SSSR count). The van der Waals surface area contributed by atoms with E-state index in [2.05, 4.69) is 28.5 Å². The van der Waals surface area contributed by atoms with E-state index in [0.717, 1.165) is 31.5 Å². The Hall–Kier alpha value is -2.20. The lowest BCUT2D eigenvalue weighted by Gasteiger charge is -2.18. The Balaban J connectivity index is 1.78. The molecule has 0 aliphatic rings. The van der Waals surface area contributed by atoms with Crippen LogP contribution in [0.25, 0.3) is 0 Å². The Morgan fingerprint density at radius 2 is 1.96 bits per heavy atom. The smallest absolute Gasteiger partial charge is 0.303 e. The van der Waals surface area contributed by atoms with Gasteiger partial charge in [-0.25, -0.2) is 0 Å². The fourth-order valence-corrected chi connectivity index (χ4v) is 2.72. The molecule has 128 valence electrons. The highest BCUT2D eigenvalue weighted by molar-refractivity contribution is 5.66. The average Bonchev–Trinajstić information content (AvgIpc) is 2.58. The van der Waals surface area contributed by atoms with Crippen LogP contribution >= 0.6 is 0 Å². The van der Waals surface area contributed by atoms with Gasteiger partial charge in [-0.15, -0.1) is 0 Å². The van der Waals surface area contributed by atoms with Crippen molar-refractivity contribution in [3.8, 4) is 0 Å². The molecule has 24 heavy (non-hydrogen) atoms. The van der Waals surface area contributed by atoms with Gasteiger partial charge < -0.3 is 10.4 Å². The highest BCUT2D eigenvalue weighted by Crippen LogP contribution is 2.09. The SMILES string of the molecule is Cc1ccc(CCCNC(CCC(=O)O)Cc2ccccc2)cn1. The molecule has 2 N–H and O–H groups in total. The lowest BCUT2D eigenvalue weighted by atomic mass is 10.0. The molecule has 0 aliphatic heterocycles. The van der Waals surface area contributed by atoms with E-state index in [1.807, 2.05) is 37.4 Å². The Morgan fingerprint density at radius 3 is 2.62 bits per heavy atom. The fourth-order valence-electron chi connectivity index (χ4n) is 2.72. The number of rotatable bonds is 10. The van der Waals surface area contributed by atoms with E-state index in [9.17, 15) is 4.79 Å². The Kier molecular flexibility index (Phi) is 7.43. The summed E-state index contributed by atoms with van der Waals surface area (Å²) in [4.78, 5) is 15.2. The van der Waals surface area contributed by atoms with Crippen LogP contribution in [0.3, 0.4) is 0 Å². The molecule has 0 saturated heterocycles. The molecule has 0 fully saturated rings. The highest BCUT2D eigenvalue weighted by atomic mass is 16.4. The molecule has 0 bridgehead atoms. The Bertz CT molecular complexity index is 611. The first kappa shape index (κ1) is 18.1. The predicted molar refractivity (Wildman–Crippen MR) is 96.1 cm³/mol. The normalized spacial score (nSPS) is 12.0. The summed E-state index contributed by atoms with van der Waals surface area (Å²) in [5, 5.41) is 12.5. The van der Waals surface area contributed by atoms with E-state index in [-0.39, 0.29) is 12.5 Å². The van der Waals surface area contributed by atoms with Gasteiger partial charge in [0.15, 0.2) is 0 Å². The zero-order chi connectivity index (χ0) is 17.2. The number of hydrogen-bond donors (Lipinski definition) is 2. The number of carboxylic acid groups (broad SMARTS) is 1. The first-order valence-corrected chi connectivity index (χ1v) is 8.54.